The highest BCUT2D eigenvalue weighted by Crippen LogP contribution is 2.46. The summed E-state index contributed by atoms with van der Waals surface area (Å²) in [5.41, 5.74) is -3.99. The zero-order valence-corrected chi connectivity index (χ0v) is 20.9. The molecule has 14 heteroatoms. The van der Waals surface area contributed by atoms with E-state index in [1.54, 1.807) is 32.0 Å². The standard InChI is InChI=1S/C22H30N3O10P/c1-13(2)33-19(28)14(3)24-36(31,35-15-8-6-5-7-9-15)32-12-16-18(27)22(4,30)20(34-16)25-11-10-17(26)23-21(25)29/h5-11,13-14,16,18,20,27,30H,12H2,1-4H3,(H,24,31)(H,23,26,29)/t14-,16-,18+,20+,22+,36+/m0/s1/i12D2. The van der Waals surface area contributed by atoms with Crippen molar-refractivity contribution in [3.8, 4) is 5.75 Å². The first-order valence-electron chi connectivity index (χ1n) is 12.0. The second kappa shape index (κ2) is 11.1. The molecule has 0 spiro atoms. The lowest BCUT2D eigenvalue weighted by molar-refractivity contribution is -0.149. The lowest BCUT2D eigenvalue weighted by Crippen LogP contribution is -2.47. The van der Waals surface area contributed by atoms with Crippen LogP contribution in [0.4, 0.5) is 0 Å². The molecule has 198 valence electrons. The van der Waals surface area contributed by atoms with Gasteiger partial charge in [0.05, 0.1) is 15.4 Å². The Morgan fingerprint density at radius 1 is 1.31 bits per heavy atom. The van der Waals surface area contributed by atoms with Crippen LogP contribution >= 0.6 is 7.75 Å². The second-order valence-corrected chi connectivity index (χ2v) is 10.2. The van der Waals surface area contributed by atoms with E-state index in [2.05, 4.69) is 5.09 Å². The van der Waals surface area contributed by atoms with E-state index in [0.717, 1.165) is 23.8 Å². The third-order valence-corrected chi connectivity index (χ3v) is 6.58. The number of esters is 1. The molecule has 0 saturated carbocycles. The van der Waals surface area contributed by atoms with Gasteiger partial charge in [-0.25, -0.2) is 9.36 Å². The fourth-order valence-corrected chi connectivity index (χ4v) is 4.66. The maximum Gasteiger partial charge on any atom is 0.459 e. The van der Waals surface area contributed by atoms with Crippen LogP contribution in [0.25, 0.3) is 0 Å². The van der Waals surface area contributed by atoms with Crippen molar-refractivity contribution >= 4 is 13.7 Å². The molecule has 6 atom stereocenters. The van der Waals surface area contributed by atoms with E-state index in [0.29, 0.717) is 0 Å². The van der Waals surface area contributed by atoms with Gasteiger partial charge >= 0.3 is 19.4 Å². The van der Waals surface area contributed by atoms with Crippen LogP contribution in [0.1, 0.15) is 36.7 Å². The van der Waals surface area contributed by atoms with E-state index in [1.165, 1.54) is 19.1 Å². The van der Waals surface area contributed by atoms with E-state index in [4.69, 9.17) is 21.3 Å². The summed E-state index contributed by atoms with van der Waals surface area (Å²) in [6.07, 6.45) is -5.21. The van der Waals surface area contributed by atoms with E-state index in [9.17, 15) is 29.2 Å². The highest BCUT2D eigenvalue weighted by Gasteiger charge is 2.54. The largest absolute Gasteiger partial charge is 0.462 e. The summed E-state index contributed by atoms with van der Waals surface area (Å²) in [6.45, 7) is 2.46. The summed E-state index contributed by atoms with van der Waals surface area (Å²) in [7, 11) is -4.76. The van der Waals surface area contributed by atoms with Crippen molar-refractivity contribution < 1.29 is 40.8 Å². The number of carbonyl (C=O) groups excluding carboxylic acids is 1. The minimum atomic E-state index is -4.76. The monoisotopic (exact) mass is 529 g/mol. The maximum atomic E-state index is 13.8. The van der Waals surface area contributed by atoms with Gasteiger partial charge in [-0.15, -0.1) is 0 Å². The molecule has 1 aromatic carbocycles. The van der Waals surface area contributed by atoms with E-state index < -0.39 is 67.7 Å². The molecule has 0 unspecified atom stereocenters. The van der Waals surface area contributed by atoms with Crippen LogP contribution < -0.4 is 20.9 Å². The van der Waals surface area contributed by atoms with Gasteiger partial charge in [0, 0.05) is 12.3 Å². The molecule has 13 nitrogen and oxygen atoms in total. The number of nitrogens with one attached hydrogen (secondary N) is 2. The summed E-state index contributed by atoms with van der Waals surface area (Å²) in [5.74, 6) is -0.820. The number of aliphatic hydroxyl groups is 2. The van der Waals surface area contributed by atoms with E-state index >= 15 is 0 Å². The number of ether oxygens (including phenoxy) is 2. The number of aromatic nitrogens is 2. The van der Waals surface area contributed by atoms with Crippen LogP contribution in [0.3, 0.4) is 0 Å². The van der Waals surface area contributed by atoms with Crippen LogP contribution in [0, 0.1) is 0 Å². The molecule has 0 bridgehead atoms. The van der Waals surface area contributed by atoms with Crippen molar-refractivity contribution in [3.63, 3.8) is 0 Å². The number of aromatic amines is 1. The Labute approximate surface area is 209 Å². The lowest BCUT2D eigenvalue weighted by Gasteiger charge is -2.27. The van der Waals surface area contributed by atoms with Gasteiger partial charge in [0.15, 0.2) is 6.23 Å². The van der Waals surface area contributed by atoms with Crippen LogP contribution in [-0.2, 0) is 23.4 Å². The van der Waals surface area contributed by atoms with Gasteiger partial charge in [0.2, 0.25) is 0 Å². The van der Waals surface area contributed by atoms with E-state index in [1.807, 2.05) is 4.98 Å². The van der Waals surface area contributed by atoms with Crippen molar-refractivity contribution in [3.05, 3.63) is 63.4 Å². The van der Waals surface area contributed by atoms with Gasteiger partial charge in [-0.2, -0.15) is 5.09 Å². The summed E-state index contributed by atoms with van der Waals surface area (Å²) in [4.78, 5) is 38.0. The normalized spacial score (nSPS) is 27.6. The highest BCUT2D eigenvalue weighted by atomic mass is 31.2. The van der Waals surface area contributed by atoms with Crippen molar-refractivity contribution in [2.45, 2.75) is 63.9 Å². The molecule has 36 heavy (non-hydrogen) atoms. The van der Waals surface area contributed by atoms with E-state index in [-0.39, 0.29) is 5.75 Å². The summed E-state index contributed by atoms with van der Waals surface area (Å²) in [6, 6.07) is 7.26. The first kappa shape index (κ1) is 24.9. The van der Waals surface area contributed by atoms with Crippen LogP contribution in [0.15, 0.2) is 52.2 Å². The fraction of sp³-hybridized carbons (Fsp3) is 0.500. The van der Waals surface area contributed by atoms with Gasteiger partial charge in [-0.3, -0.25) is 23.7 Å². The fourth-order valence-electron chi connectivity index (χ4n) is 3.29. The van der Waals surface area contributed by atoms with Gasteiger partial charge in [-0.05, 0) is 39.8 Å². The lowest BCUT2D eigenvalue weighted by atomic mass is 9.96. The summed E-state index contributed by atoms with van der Waals surface area (Å²) >= 11 is 0. The second-order valence-electron chi connectivity index (χ2n) is 8.54. The van der Waals surface area contributed by atoms with Crippen molar-refractivity contribution in [1.29, 1.82) is 0 Å². The summed E-state index contributed by atoms with van der Waals surface area (Å²) < 4.78 is 52.7. The molecule has 1 aliphatic rings. The van der Waals surface area contributed by atoms with Gasteiger partial charge in [-0.1, -0.05) is 18.2 Å². The molecular formula is C22H30N3O10P. The molecule has 1 aliphatic heterocycles. The third-order valence-electron chi connectivity index (χ3n) is 5.08. The maximum absolute atomic E-state index is 13.8. The number of benzene rings is 1. The number of para-hydroxylation sites is 1. The first-order chi connectivity index (χ1) is 17.6. The topological polar surface area (TPSA) is 178 Å². The first-order valence-corrected chi connectivity index (χ1v) is 12.5. The van der Waals surface area contributed by atoms with Crippen molar-refractivity contribution in [1.82, 2.24) is 14.6 Å². The Morgan fingerprint density at radius 2 is 1.97 bits per heavy atom. The quantitative estimate of drug-likeness (QED) is 0.251. The number of hydrogen-bond donors (Lipinski definition) is 4. The van der Waals surface area contributed by atoms with Crippen molar-refractivity contribution in [2.24, 2.45) is 0 Å². The van der Waals surface area contributed by atoms with Crippen LogP contribution in [0.2, 0.25) is 0 Å². The highest BCUT2D eigenvalue weighted by molar-refractivity contribution is 7.52. The SMILES string of the molecule is [2H]C([2H])(O[P@](=O)(N[C@@H](C)C(=O)OC(C)C)Oc1ccccc1)[C@@H]1O[C@@H](n2ccc(=O)[nH]c2=O)[C@](C)(O)[C@@H]1O. The average molecular weight is 529 g/mol. The van der Waals surface area contributed by atoms with Crippen molar-refractivity contribution in [2.75, 3.05) is 6.56 Å². The molecular weight excluding hydrogens is 497 g/mol. The zero-order chi connectivity index (χ0) is 28.5. The molecule has 1 saturated heterocycles. The Hall–Kier alpha value is -2.80. The van der Waals surface area contributed by atoms with Gasteiger partial charge < -0.3 is 24.2 Å². The minimum Gasteiger partial charge on any atom is -0.462 e. The molecule has 4 N–H and O–H groups in total. The van der Waals surface area contributed by atoms with Gasteiger partial charge in [0.1, 0.15) is 29.6 Å². The number of nitrogens with zero attached hydrogens (tertiary/aromatic N) is 1. The predicted molar refractivity (Wildman–Crippen MR) is 126 cm³/mol. The third kappa shape index (κ3) is 6.49. The number of aliphatic hydroxyl groups excluding tert-OH is 1. The number of hydrogen-bond acceptors (Lipinski definition) is 10. The molecule has 0 amide bonds. The molecule has 2 aromatic rings. The minimum absolute atomic E-state index is 0.00103. The average Bonchev–Trinajstić information content (AvgIpc) is 3.03. The Kier molecular flexibility index (Phi) is 7.65. The molecule has 3 rings (SSSR count). The predicted octanol–water partition coefficient (Wildman–Crippen LogP) is 0.679. The van der Waals surface area contributed by atoms with Crippen LogP contribution in [0.5, 0.6) is 5.75 Å². The number of rotatable bonds is 10. The number of carbonyl (C=O) groups is 1. The Bertz CT molecular complexity index is 1300. The summed E-state index contributed by atoms with van der Waals surface area (Å²) in [5, 5.41) is 24.0. The smallest absolute Gasteiger partial charge is 0.459 e. The van der Waals surface area contributed by atoms with Gasteiger partial charge in [0.25, 0.3) is 5.56 Å². The zero-order valence-electron chi connectivity index (χ0n) is 22.0. The molecule has 2 heterocycles. The number of H-pyrrole nitrogens is 1. The van der Waals surface area contributed by atoms with Crippen LogP contribution in [-0.4, -0.2) is 62.2 Å². The Morgan fingerprint density at radius 3 is 2.58 bits per heavy atom. The Balaban J connectivity index is 1.93. The molecule has 1 fully saturated rings. The molecule has 0 radical (unpaired) electrons. The molecule has 1 aromatic heterocycles. The molecule has 0 aliphatic carbocycles.